The smallest absolute Gasteiger partial charge is 0.287 e. The Morgan fingerprint density at radius 3 is 2.62 bits per heavy atom. The maximum absolute atomic E-state index is 12.6. The lowest BCUT2D eigenvalue weighted by Crippen LogP contribution is -2.34. The number of aromatic nitrogens is 1. The van der Waals surface area contributed by atoms with Gasteiger partial charge in [-0.2, -0.15) is 0 Å². The first kappa shape index (κ1) is 16.4. The lowest BCUT2D eigenvalue weighted by molar-refractivity contribution is 0.0911. The molecular weight excluding hydrogens is 330 g/mol. The van der Waals surface area contributed by atoms with E-state index in [0.29, 0.717) is 18.7 Å². The highest BCUT2D eigenvalue weighted by atomic mass is 16.3. The predicted molar refractivity (Wildman–Crippen MR) is 98.3 cm³/mol. The average Bonchev–Trinajstić information content (AvgIpc) is 3.32. The van der Waals surface area contributed by atoms with E-state index < -0.39 is 0 Å². The zero-order valence-electron chi connectivity index (χ0n) is 14.4. The normalized spacial score (nSPS) is 13.4. The predicted octanol–water partition coefficient (Wildman–Crippen LogP) is 2.80. The van der Waals surface area contributed by atoms with Crippen molar-refractivity contribution < 1.29 is 14.0 Å². The third-order valence-corrected chi connectivity index (χ3v) is 4.82. The molecule has 0 spiro atoms. The molecule has 2 aromatic heterocycles. The van der Waals surface area contributed by atoms with Crippen molar-refractivity contribution in [2.45, 2.75) is 25.7 Å². The third kappa shape index (κ3) is 3.10. The van der Waals surface area contributed by atoms with Gasteiger partial charge in [0.25, 0.3) is 11.8 Å². The zero-order chi connectivity index (χ0) is 17.9. The Balaban J connectivity index is 1.40. The second-order valence-electron chi connectivity index (χ2n) is 6.51. The molecule has 0 bridgehead atoms. The standard InChI is InChI=1S/C20H21N3O3/c24-19(21-10-11-22-20(25)17-9-4-12-26-17)15-7-3-6-14-13-5-1-2-8-16(13)23-18(14)15/h3-4,6-7,9,12,23H,1-2,5,8,10-11H2,(H,21,24)(H,22,25). The Labute approximate surface area is 151 Å². The molecule has 1 aliphatic carbocycles. The van der Waals surface area contributed by atoms with Gasteiger partial charge >= 0.3 is 0 Å². The van der Waals surface area contributed by atoms with Crippen LogP contribution in [0.5, 0.6) is 0 Å². The van der Waals surface area contributed by atoms with E-state index in [1.54, 1.807) is 12.1 Å². The molecule has 0 fully saturated rings. The number of nitrogens with one attached hydrogen (secondary N) is 3. The van der Waals surface area contributed by atoms with Crippen LogP contribution in [0.3, 0.4) is 0 Å². The summed E-state index contributed by atoms with van der Waals surface area (Å²) in [6.07, 6.45) is 5.96. The van der Waals surface area contributed by atoms with E-state index in [4.69, 9.17) is 4.42 Å². The number of carbonyl (C=O) groups is 2. The molecule has 6 nitrogen and oxygen atoms in total. The van der Waals surface area contributed by atoms with E-state index in [1.165, 1.54) is 30.4 Å². The summed E-state index contributed by atoms with van der Waals surface area (Å²) in [5.74, 6) is -0.164. The van der Waals surface area contributed by atoms with E-state index in [0.717, 1.165) is 23.7 Å². The first-order valence-electron chi connectivity index (χ1n) is 8.96. The number of carbonyl (C=O) groups excluding carboxylic acids is 2. The van der Waals surface area contributed by atoms with Gasteiger partial charge in [-0.15, -0.1) is 0 Å². The van der Waals surface area contributed by atoms with Crippen LogP contribution >= 0.6 is 0 Å². The van der Waals surface area contributed by atoms with Crippen LogP contribution in [-0.4, -0.2) is 29.9 Å². The summed E-state index contributed by atoms with van der Waals surface area (Å²) in [6.45, 7) is 0.685. The second-order valence-corrected chi connectivity index (χ2v) is 6.51. The van der Waals surface area contributed by atoms with Crippen molar-refractivity contribution in [2.24, 2.45) is 0 Å². The molecule has 1 aromatic carbocycles. The van der Waals surface area contributed by atoms with E-state index in [1.807, 2.05) is 12.1 Å². The van der Waals surface area contributed by atoms with Gasteiger partial charge in [-0.1, -0.05) is 12.1 Å². The molecule has 6 heteroatoms. The van der Waals surface area contributed by atoms with Crippen LogP contribution < -0.4 is 10.6 Å². The monoisotopic (exact) mass is 351 g/mol. The van der Waals surface area contributed by atoms with Crippen LogP contribution in [0.4, 0.5) is 0 Å². The molecule has 26 heavy (non-hydrogen) atoms. The summed E-state index contributed by atoms with van der Waals surface area (Å²) in [7, 11) is 0. The minimum absolute atomic E-state index is 0.138. The van der Waals surface area contributed by atoms with Crippen molar-refractivity contribution in [3.63, 3.8) is 0 Å². The van der Waals surface area contributed by atoms with Gasteiger partial charge in [0, 0.05) is 24.2 Å². The number of hydrogen-bond donors (Lipinski definition) is 3. The molecule has 0 radical (unpaired) electrons. The highest BCUT2D eigenvalue weighted by molar-refractivity contribution is 6.06. The highest BCUT2D eigenvalue weighted by Crippen LogP contribution is 2.30. The van der Waals surface area contributed by atoms with Gasteiger partial charge < -0.3 is 20.0 Å². The second kappa shape index (κ2) is 7.07. The van der Waals surface area contributed by atoms with Crippen molar-refractivity contribution >= 4 is 22.7 Å². The van der Waals surface area contributed by atoms with Crippen molar-refractivity contribution in [3.8, 4) is 0 Å². The largest absolute Gasteiger partial charge is 0.459 e. The average molecular weight is 351 g/mol. The summed E-state index contributed by atoms with van der Waals surface area (Å²) < 4.78 is 5.03. The molecule has 0 saturated heterocycles. The highest BCUT2D eigenvalue weighted by Gasteiger charge is 2.19. The van der Waals surface area contributed by atoms with Crippen molar-refractivity contribution in [2.75, 3.05) is 13.1 Å². The minimum Gasteiger partial charge on any atom is -0.459 e. The van der Waals surface area contributed by atoms with Gasteiger partial charge in [-0.3, -0.25) is 9.59 Å². The van der Waals surface area contributed by atoms with Crippen LogP contribution in [0.2, 0.25) is 0 Å². The summed E-state index contributed by atoms with van der Waals surface area (Å²) in [5, 5.41) is 6.73. The molecule has 0 unspecified atom stereocenters. The zero-order valence-corrected chi connectivity index (χ0v) is 14.4. The number of H-pyrrole nitrogens is 1. The Bertz CT molecular complexity index is 941. The lowest BCUT2D eigenvalue weighted by atomic mass is 9.95. The molecule has 2 amide bonds. The number of aromatic amines is 1. The van der Waals surface area contributed by atoms with E-state index in [-0.39, 0.29) is 17.6 Å². The fraction of sp³-hybridized carbons (Fsp3) is 0.300. The SMILES string of the molecule is O=C(NCCNC(=O)c1cccc2c3c([nH]c12)CCCC3)c1ccco1. The summed E-state index contributed by atoms with van der Waals surface area (Å²) >= 11 is 0. The molecule has 0 atom stereocenters. The Morgan fingerprint density at radius 1 is 1.00 bits per heavy atom. The van der Waals surface area contributed by atoms with Crippen LogP contribution in [0.25, 0.3) is 10.9 Å². The minimum atomic E-state index is -0.289. The van der Waals surface area contributed by atoms with E-state index in [9.17, 15) is 9.59 Å². The molecule has 2 heterocycles. The summed E-state index contributed by atoms with van der Waals surface area (Å²) in [6, 6.07) is 9.10. The van der Waals surface area contributed by atoms with Gasteiger partial charge in [0.05, 0.1) is 17.3 Å². The van der Waals surface area contributed by atoms with E-state index >= 15 is 0 Å². The Hall–Kier alpha value is -3.02. The molecule has 134 valence electrons. The summed E-state index contributed by atoms with van der Waals surface area (Å²) in [4.78, 5) is 27.8. The van der Waals surface area contributed by atoms with Crippen LogP contribution in [-0.2, 0) is 12.8 Å². The lowest BCUT2D eigenvalue weighted by Gasteiger charge is -2.10. The fourth-order valence-electron chi connectivity index (χ4n) is 3.56. The molecule has 4 rings (SSSR count). The number of para-hydroxylation sites is 1. The Kier molecular flexibility index (Phi) is 4.48. The van der Waals surface area contributed by atoms with E-state index in [2.05, 4.69) is 21.7 Å². The van der Waals surface area contributed by atoms with Gasteiger partial charge in [0.1, 0.15) is 0 Å². The van der Waals surface area contributed by atoms with Gasteiger partial charge in [0.15, 0.2) is 5.76 Å². The first-order chi connectivity index (χ1) is 12.7. The first-order valence-corrected chi connectivity index (χ1v) is 8.96. The number of benzene rings is 1. The Morgan fingerprint density at radius 2 is 1.81 bits per heavy atom. The van der Waals surface area contributed by atoms with Gasteiger partial charge in [-0.25, -0.2) is 0 Å². The van der Waals surface area contributed by atoms with Gasteiger partial charge in [0.2, 0.25) is 0 Å². The number of fused-ring (bicyclic) bond motifs is 3. The van der Waals surface area contributed by atoms with Crippen LogP contribution in [0.15, 0.2) is 41.0 Å². The van der Waals surface area contributed by atoms with Crippen molar-refractivity contribution in [1.29, 1.82) is 0 Å². The van der Waals surface area contributed by atoms with Crippen molar-refractivity contribution in [1.82, 2.24) is 15.6 Å². The maximum atomic E-state index is 12.6. The topological polar surface area (TPSA) is 87.1 Å². The van der Waals surface area contributed by atoms with Crippen LogP contribution in [0.1, 0.15) is 45.0 Å². The summed E-state index contributed by atoms with van der Waals surface area (Å²) in [5.41, 5.74) is 4.18. The van der Waals surface area contributed by atoms with Crippen molar-refractivity contribution in [3.05, 3.63) is 59.2 Å². The number of furan rings is 1. The van der Waals surface area contributed by atoms with Gasteiger partial charge in [-0.05, 0) is 49.4 Å². The van der Waals surface area contributed by atoms with Crippen LogP contribution in [0, 0.1) is 0 Å². The molecule has 0 saturated carbocycles. The fourth-order valence-corrected chi connectivity index (χ4v) is 3.56. The maximum Gasteiger partial charge on any atom is 0.287 e. The molecule has 3 aromatic rings. The molecule has 1 aliphatic rings. The number of hydrogen-bond acceptors (Lipinski definition) is 3. The molecule has 3 N–H and O–H groups in total. The quantitative estimate of drug-likeness (QED) is 0.618. The third-order valence-electron chi connectivity index (χ3n) is 4.82. The molecule has 0 aliphatic heterocycles. The molecular formula is C20H21N3O3. The number of rotatable bonds is 5. The number of amides is 2. The number of aryl methyl sites for hydroxylation is 2.